The molecule has 3 rings (SSSR count). The lowest BCUT2D eigenvalue weighted by Gasteiger charge is -2.22. The fourth-order valence-corrected chi connectivity index (χ4v) is 2.22. The lowest BCUT2D eigenvalue weighted by atomic mass is 10.2. The summed E-state index contributed by atoms with van der Waals surface area (Å²) in [7, 11) is 0. The van der Waals surface area contributed by atoms with Crippen molar-refractivity contribution in [3.8, 4) is 11.5 Å². The second-order valence-electron chi connectivity index (χ2n) is 4.76. The van der Waals surface area contributed by atoms with Gasteiger partial charge in [0, 0.05) is 18.3 Å². The van der Waals surface area contributed by atoms with E-state index in [0.29, 0.717) is 43.6 Å². The van der Waals surface area contributed by atoms with Gasteiger partial charge in [-0.15, -0.1) is 0 Å². The van der Waals surface area contributed by atoms with E-state index in [-0.39, 0.29) is 18.2 Å². The molecule has 0 aromatic heterocycles. The summed E-state index contributed by atoms with van der Waals surface area (Å²) in [4.78, 5) is 23.5. The number of rotatable bonds is 3. The summed E-state index contributed by atoms with van der Waals surface area (Å²) in [6.07, 6.45) is -0.740. The fraction of sp³-hybridized carbons (Fsp3) is 0.429. The molecule has 1 saturated heterocycles. The van der Waals surface area contributed by atoms with E-state index in [1.165, 1.54) is 0 Å². The summed E-state index contributed by atoms with van der Waals surface area (Å²) >= 11 is 0. The van der Waals surface area contributed by atoms with Crippen LogP contribution in [0.1, 0.15) is 6.42 Å². The summed E-state index contributed by atoms with van der Waals surface area (Å²) in [6.45, 7) is 1.92. The van der Waals surface area contributed by atoms with E-state index in [4.69, 9.17) is 14.2 Å². The molecule has 0 radical (unpaired) electrons. The van der Waals surface area contributed by atoms with Gasteiger partial charge in [-0.05, 0) is 12.1 Å². The van der Waals surface area contributed by atoms with Crippen LogP contribution >= 0.6 is 0 Å². The zero-order valence-corrected chi connectivity index (χ0v) is 11.4. The van der Waals surface area contributed by atoms with E-state index in [9.17, 15) is 9.59 Å². The SMILES string of the molecule is O=C(CC1OCCNC1=O)Nc1ccc2c(c1)OCCO2. The highest BCUT2D eigenvalue weighted by molar-refractivity contribution is 5.95. The minimum Gasteiger partial charge on any atom is -0.486 e. The lowest BCUT2D eigenvalue weighted by molar-refractivity contribution is -0.141. The van der Waals surface area contributed by atoms with Gasteiger partial charge >= 0.3 is 0 Å². The van der Waals surface area contributed by atoms with Gasteiger partial charge in [-0.25, -0.2) is 0 Å². The molecule has 2 amide bonds. The number of morpholine rings is 1. The Balaban J connectivity index is 1.60. The highest BCUT2D eigenvalue weighted by Crippen LogP contribution is 2.32. The first-order valence-electron chi connectivity index (χ1n) is 6.81. The molecule has 0 spiro atoms. The molecule has 21 heavy (non-hydrogen) atoms. The lowest BCUT2D eigenvalue weighted by Crippen LogP contribution is -2.45. The molecule has 1 aromatic carbocycles. The predicted octanol–water partition coefficient (Wildman–Crippen LogP) is 0.301. The van der Waals surface area contributed by atoms with Crippen LogP contribution in [0.2, 0.25) is 0 Å². The average molecular weight is 292 g/mol. The van der Waals surface area contributed by atoms with E-state index in [1.807, 2.05) is 0 Å². The first kappa shape index (κ1) is 13.7. The Morgan fingerprint density at radius 1 is 1.24 bits per heavy atom. The third-order valence-electron chi connectivity index (χ3n) is 3.21. The smallest absolute Gasteiger partial charge is 0.249 e. The zero-order chi connectivity index (χ0) is 14.7. The van der Waals surface area contributed by atoms with Crippen molar-refractivity contribution in [1.82, 2.24) is 5.32 Å². The van der Waals surface area contributed by atoms with Crippen LogP contribution in [0.3, 0.4) is 0 Å². The van der Waals surface area contributed by atoms with Crippen LogP contribution in [0.25, 0.3) is 0 Å². The quantitative estimate of drug-likeness (QED) is 0.837. The number of benzene rings is 1. The molecule has 1 atom stereocenters. The molecule has 7 heteroatoms. The van der Waals surface area contributed by atoms with E-state index in [0.717, 1.165) is 0 Å². The van der Waals surface area contributed by atoms with E-state index in [2.05, 4.69) is 10.6 Å². The Hall–Kier alpha value is -2.28. The van der Waals surface area contributed by atoms with Crippen molar-refractivity contribution in [2.45, 2.75) is 12.5 Å². The van der Waals surface area contributed by atoms with Crippen LogP contribution in [-0.2, 0) is 14.3 Å². The number of carbonyl (C=O) groups excluding carboxylic acids is 2. The van der Waals surface area contributed by atoms with Crippen molar-refractivity contribution in [3.05, 3.63) is 18.2 Å². The topological polar surface area (TPSA) is 85.9 Å². The third kappa shape index (κ3) is 3.25. The molecule has 2 heterocycles. The fourth-order valence-electron chi connectivity index (χ4n) is 2.22. The molecule has 2 aliphatic rings. The maximum Gasteiger partial charge on any atom is 0.249 e. The van der Waals surface area contributed by atoms with Gasteiger partial charge in [0.25, 0.3) is 0 Å². The van der Waals surface area contributed by atoms with E-state index >= 15 is 0 Å². The van der Waals surface area contributed by atoms with Gasteiger partial charge in [0.2, 0.25) is 11.8 Å². The summed E-state index contributed by atoms with van der Waals surface area (Å²) in [5.41, 5.74) is 0.598. The van der Waals surface area contributed by atoms with Gasteiger partial charge < -0.3 is 24.8 Å². The number of anilines is 1. The van der Waals surface area contributed by atoms with Gasteiger partial charge in [-0.2, -0.15) is 0 Å². The van der Waals surface area contributed by atoms with Gasteiger partial charge in [0.05, 0.1) is 13.0 Å². The van der Waals surface area contributed by atoms with Gasteiger partial charge in [-0.1, -0.05) is 0 Å². The summed E-state index contributed by atoms with van der Waals surface area (Å²) < 4.78 is 16.1. The Kier molecular flexibility index (Phi) is 3.92. The molecule has 1 aromatic rings. The molecule has 1 unspecified atom stereocenters. The Morgan fingerprint density at radius 3 is 2.86 bits per heavy atom. The van der Waals surface area contributed by atoms with Crippen molar-refractivity contribution in [3.63, 3.8) is 0 Å². The highest BCUT2D eigenvalue weighted by atomic mass is 16.6. The number of nitrogens with one attached hydrogen (secondary N) is 2. The normalized spacial score (nSPS) is 20.6. The molecule has 0 bridgehead atoms. The average Bonchev–Trinajstić information content (AvgIpc) is 2.49. The summed E-state index contributed by atoms with van der Waals surface area (Å²) in [5, 5.41) is 5.39. The maximum atomic E-state index is 12.0. The first-order valence-corrected chi connectivity index (χ1v) is 6.81. The van der Waals surface area contributed by atoms with Crippen LogP contribution in [0.5, 0.6) is 11.5 Å². The monoisotopic (exact) mass is 292 g/mol. The minimum absolute atomic E-state index is 0.0136. The van der Waals surface area contributed by atoms with Crippen molar-refractivity contribution in [2.75, 3.05) is 31.7 Å². The molecule has 0 saturated carbocycles. The third-order valence-corrected chi connectivity index (χ3v) is 3.21. The Bertz CT molecular complexity index is 560. The minimum atomic E-state index is -0.726. The van der Waals surface area contributed by atoms with E-state index in [1.54, 1.807) is 18.2 Å². The largest absolute Gasteiger partial charge is 0.486 e. The van der Waals surface area contributed by atoms with Gasteiger partial charge in [-0.3, -0.25) is 9.59 Å². The second kappa shape index (κ2) is 6.01. The second-order valence-corrected chi connectivity index (χ2v) is 4.76. The maximum absolute atomic E-state index is 12.0. The number of hydrogen-bond acceptors (Lipinski definition) is 5. The van der Waals surface area contributed by atoms with E-state index < -0.39 is 6.10 Å². The van der Waals surface area contributed by atoms with Crippen LogP contribution < -0.4 is 20.1 Å². The molecule has 0 aliphatic carbocycles. The summed E-state index contributed by atoms with van der Waals surface area (Å²) in [6, 6.07) is 5.18. The molecule has 1 fully saturated rings. The molecular formula is C14H16N2O5. The first-order chi connectivity index (χ1) is 10.2. The standard InChI is InChI=1S/C14H16N2O5/c17-13(8-12-14(18)15-3-4-19-12)16-9-1-2-10-11(7-9)21-6-5-20-10/h1-2,7,12H,3-6,8H2,(H,15,18)(H,16,17). The van der Waals surface area contributed by atoms with Gasteiger partial charge in [0.1, 0.15) is 19.3 Å². The van der Waals surface area contributed by atoms with Crippen molar-refractivity contribution >= 4 is 17.5 Å². The zero-order valence-electron chi connectivity index (χ0n) is 11.4. The molecule has 7 nitrogen and oxygen atoms in total. The number of fused-ring (bicyclic) bond motifs is 1. The van der Waals surface area contributed by atoms with Crippen LogP contribution in [0.4, 0.5) is 5.69 Å². The molecule has 112 valence electrons. The molecular weight excluding hydrogens is 276 g/mol. The Labute approximate surface area is 121 Å². The number of amides is 2. The Morgan fingerprint density at radius 2 is 2.05 bits per heavy atom. The van der Waals surface area contributed by atoms with Crippen LogP contribution in [0.15, 0.2) is 18.2 Å². The van der Waals surface area contributed by atoms with Gasteiger partial charge in [0.15, 0.2) is 11.5 Å². The predicted molar refractivity (Wildman–Crippen MR) is 73.4 cm³/mol. The van der Waals surface area contributed by atoms with Crippen molar-refractivity contribution in [2.24, 2.45) is 0 Å². The molecule has 2 aliphatic heterocycles. The highest BCUT2D eigenvalue weighted by Gasteiger charge is 2.25. The number of hydrogen-bond donors (Lipinski definition) is 2. The van der Waals surface area contributed by atoms with Crippen LogP contribution in [-0.4, -0.2) is 44.3 Å². The number of ether oxygens (including phenoxy) is 3. The summed E-state index contributed by atoms with van der Waals surface area (Å²) in [5.74, 6) is 0.729. The van der Waals surface area contributed by atoms with Crippen molar-refractivity contribution < 1.29 is 23.8 Å². The van der Waals surface area contributed by atoms with Crippen LogP contribution in [0, 0.1) is 0 Å². The molecule has 2 N–H and O–H groups in total. The number of carbonyl (C=O) groups is 2. The van der Waals surface area contributed by atoms with Crippen molar-refractivity contribution in [1.29, 1.82) is 0 Å².